The fourth-order valence-electron chi connectivity index (χ4n) is 2.17. The van der Waals surface area contributed by atoms with E-state index >= 15 is 0 Å². The molecule has 0 saturated heterocycles. The third kappa shape index (κ3) is 4.88. The van der Waals surface area contributed by atoms with Crippen LogP contribution in [0.4, 0.5) is 14.5 Å². The van der Waals surface area contributed by atoms with E-state index in [1.54, 1.807) is 6.92 Å². The van der Waals surface area contributed by atoms with Crippen LogP contribution in [0.3, 0.4) is 0 Å². The largest absolute Gasteiger partial charge is 0.449 e. The minimum atomic E-state index is -3.54. The molecule has 1 atom stereocenters. The van der Waals surface area contributed by atoms with Crippen molar-refractivity contribution in [3.63, 3.8) is 0 Å². The van der Waals surface area contributed by atoms with Crippen molar-refractivity contribution in [3.8, 4) is 0 Å². The van der Waals surface area contributed by atoms with E-state index in [0.29, 0.717) is 5.56 Å². The van der Waals surface area contributed by atoms with Crippen LogP contribution >= 0.6 is 0 Å². The molecule has 0 aromatic heterocycles. The molecule has 0 fully saturated rings. The maximum atomic E-state index is 13.6. The summed E-state index contributed by atoms with van der Waals surface area (Å²) < 4.78 is 55.4. The van der Waals surface area contributed by atoms with E-state index in [2.05, 4.69) is 0 Å². The molecular formula is C18H17F2NO5S. The number of nitrogens with one attached hydrogen (secondary N) is 1. The SMILES string of the molecule is Cc1ccc(S(C)(=O)=O)cc1C(=O)O[C@H](C)C(=O)Nc1c(F)cccc1F. The Bertz CT molecular complexity index is 985. The molecule has 0 unspecified atom stereocenters. The van der Waals surface area contributed by atoms with Crippen LogP contribution in [0.2, 0.25) is 0 Å². The Labute approximate surface area is 155 Å². The molecule has 6 nitrogen and oxygen atoms in total. The average Bonchev–Trinajstić information content (AvgIpc) is 2.57. The van der Waals surface area contributed by atoms with Crippen molar-refractivity contribution in [3.05, 3.63) is 59.2 Å². The first-order valence-electron chi connectivity index (χ1n) is 7.77. The highest BCUT2D eigenvalue weighted by molar-refractivity contribution is 7.90. The lowest BCUT2D eigenvalue weighted by Crippen LogP contribution is -2.31. The van der Waals surface area contributed by atoms with Crippen molar-refractivity contribution in [2.24, 2.45) is 0 Å². The third-order valence-corrected chi connectivity index (χ3v) is 4.83. The molecule has 1 amide bonds. The number of aryl methyl sites for hydroxylation is 1. The molecule has 0 heterocycles. The molecule has 27 heavy (non-hydrogen) atoms. The second-order valence-electron chi connectivity index (χ2n) is 5.88. The van der Waals surface area contributed by atoms with Gasteiger partial charge in [-0.1, -0.05) is 12.1 Å². The van der Waals surface area contributed by atoms with Crippen LogP contribution in [0.5, 0.6) is 0 Å². The zero-order valence-corrected chi connectivity index (χ0v) is 15.6. The van der Waals surface area contributed by atoms with Crippen molar-refractivity contribution >= 4 is 27.4 Å². The van der Waals surface area contributed by atoms with Gasteiger partial charge in [-0.25, -0.2) is 22.0 Å². The summed E-state index contributed by atoms with van der Waals surface area (Å²) in [6.45, 7) is 2.80. The van der Waals surface area contributed by atoms with E-state index in [4.69, 9.17) is 4.74 Å². The number of carbonyl (C=O) groups excluding carboxylic acids is 2. The van der Waals surface area contributed by atoms with E-state index in [9.17, 15) is 26.8 Å². The lowest BCUT2D eigenvalue weighted by molar-refractivity contribution is -0.123. The summed E-state index contributed by atoms with van der Waals surface area (Å²) in [7, 11) is -3.54. The number of amides is 1. The number of hydrogen-bond acceptors (Lipinski definition) is 5. The first-order chi connectivity index (χ1) is 12.5. The Balaban J connectivity index is 2.17. The maximum Gasteiger partial charge on any atom is 0.339 e. The average molecular weight is 397 g/mol. The second-order valence-corrected chi connectivity index (χ2v) is 7.90. The number of rotatable bonds is 5. The molecule has 0 aliphatic heterocycles. The van der Waals surface area contributed by atoms with Gasteiger partial charge in [0.25, 0.3) is 5.91 Å². The van der Waals surface area contributed by atoms with Gasteiger partial charge < -0.3 is 10.1 Å². The first kappa shape index (κ1) is 20.5. The van der Waals surface area contributed by atoms with Crippen molar-refractivity contribution in [1.82, 2.24) is 0 Å². The molecule has 0 bridgehead atoms. The lowest BCUT2D eigenvalue weighted by Gasteiger charge is -2.15. The molecule has 1 N–H and O–H groups in total. The molecule has 0 radical (unpaired) electrons. The van der Waals surface area contributed by atoms with Crippen LogP contribution in [0.25, 0.3) is 0 Å². The molecule has 144 valence electrons. The van der Waals surface area contributed by atoms with Gasteiger partial charge in [0.2, 0.25) is 0 Å². The van der Waals surface area contributed by atoms with Crippen LogP contribution in [-0.2, 0) is 19.4 Å². The Kier molecular flexibility index (Phi) is 5.94. The van der Waals surface area contributed by atoms with Crippen LogP contribution in [0, 0.1) is 18.6 Å². The van der Waals surface area contributed by atoms with Gasteiger partial charge in [0.1, 0.15) is 17.3 Å². The number of sulfone groups is 1. The maximum absolute atomic E-state index is 13.6. The molecular weight excluding hydrogens is 380 g/mol. The van der Waals surface area contributed by atoms with E-state index in [-0.39, 0.29) is 10.5 Å². The van der Waals surface area contributed by atoms with Gasteiger partial charge in [0.15, 0.2) is 15.9 Å². The van der Waals surface area contributed by atoms with Gasteiger partial charge in [-0.2, -0.15) is 0 Å². The monoisotopic (exact) mass is 397 g/mol. The summed E-state index contributed by atoms with van der Waals surface area (Å²) in [6, 6.07) is 7.01. The first-order valence-corrected chi connectivity index (χ1v) is 9.66. The highest BCUT2D eigenvalue weighted by Crippen LogP contribution is 2.20. The van der Waals surface area contributed by atoms with Crippen LogP contribution in [-0.4, -0.2) is 32.7 Å². The minimum Gasteiger partial charge on any atom is -0.449 e. The lowest BCUT2D eigenvalue weighted by atomic mass is 10.1. The Morgan fingerprint density at radius 3 is 2.26 bits per heavy atom. The molecule has 0 aliphatic rings. The standard InChI is InChI=1S/C18H17F2NO5S/c1-10-7-8-12(27(3,24)25)9-13(10)18(23)26-11(2)17(22)21-16-14(19)5-4-6-15(16)20/h4-9,11H,1-3H3,(H,21,22)/t11-/m1/s1. The summed E-state index contributed by atoms with van der Waals surface area (Å²) in [5.41, 5.74) is -0.240. The zero-order chi connectivity index (χ0) is 20.4. The summed E-state index contributed by atoms with van der Waals surface area (Å²) in [4.78, 5) is 24.3. The molecule has 2 aromatic rings. The summed E-state index contributed by atoms with van der Waals surface area (Å²) in [5.74, 6) is -3.82. The number of anilines is 1. The fraction of sp³-hybridized carbons (Fsp3) is 0.222. The van der Waals surface area contributed by atoms with Gasteiger partial charge in [-0.15, -0.1) is 0 Å². The third-order valence-electron chi connectivity index (χ3n) is 3.72. The van der Waals surface area contributed by atoms with Crippen molar-refractivity contribution in [2.75, 3.05) is 11.6 Å². The van der Waals surface area contributed by atoms with Gasteiger partial charge in [0.05, 0.1) is 10.5 Å². The molecule has 0 spiro atoms. The highest BCUT2D eigenvalue weighted by atomic mass is 32.2. The topological polar surface area (TPSA) is 89.5 Å². The fourth-order valence-corrected chi connectivity index (χ4v) is 2.82. The number of para-hydroxylation sites is 1. The van der Waals surface area contributed by atoms with Crippen LogP contribution < -0.4 is 5.32 Å². The van der Waals surface area contributed by atoms with Crippen LogP contribution in [0.15, 0.2) is 41.3 Å². The smallest absolute Gasteiger partial charge is 0.339 e. The zero-order valence-electron chi connectivity index (χ0n) is 14.7. The predicted molar refractivity (Wildman–Crippen MR) is 94.2 cm³/mol. The van der Waals surface area contributed by atoms with Crippen LogP contribution in [0.1, 0.15) is 22.8 Å². The van der Waals surface area contributed by atoms with Crippen molar-refractivity contribution in [2.45, 2.75) is 24.8 Å². The molecule has 2 rings (SSSR count). The quantitative estimate of drug-likeness (QED) is 0.784. The second kappa shape index (κ2) is 7.83. The molecule has 9 heteroatoms. The van der Waals surface area contributed by atoms with Gasteiger partial charge in [-0.05, 0) is 43.7 Å². The summed E-state index contributed by atoms with van der Waals surface area (Å²) in [5, 5.41) is 2.02. The minimum absolute atomic E-state index is 0.0327. The predicted octanol–water partition coefficient (Wildman–Crippen LogP) is 2.86. The van der Waals surface area contributed by atoms with Crippen molar-refractivity contribution < 1.29 is 31.5 Å². The molecule has 0 saturated carbocycles. The Hall–Kier alpha value is -2.81. The number of hydrogen-bond donors (Lipinski definition) is 1. The number of benzene rings is 2. The number of halogens is 2. The van der Waals surface area contributed by atoms with E-state index in [1.165, 1.54) is 19.1 Å². The molecule has 0 aliphatic carbocycles. The number of ether oxygens (including phenoxy) is 1. The van der Waals surface area contributed by atoms with Crippen molar-refractivity contribution in [1.29, 1.82) is 0 Å². The van der Waals surface area contributed by atoms with E-state index in [1.807, 2.05) is 5.32 Å². The Morgan fingerprint density at radius 2 is 1.70 bits per heavy atom. The van der Waals surface area contributed by atoms with Gasteiger partial charge in [0, 0.05) is 6.26 Å². The van der Waals surface area contributed by atoms with E-state index in [0.717, 1.165) is 30.5 Å². The highest BCUT2D eigenvalue weighted by Gasteiger charge is 2.23. The number of esters is 1. The summed E-state index contributed by atoms with van der Waals surface area (Å²) in [6.07, 6.45) is -0.385. The van der Waals surface area contributed by atoms with Gasteiger partial charge >= 0.3 is 5.97 Å². The molecule has 2 aromatic carbocycles. The van der Waals surface area contributed by atoms with Gasteiger partial charge in [-0.3, -0.25) is 4.79 Å². The number of carbonyl (C=O) groups is 2. The summed E-state index contributed by atoms with van der Waals surface area (Å²) >= 11 is 0. The van der Waals surface area contributed by atoms with E-state index < -0.39 is 45.1 Å². The Morgan fingerprint density at radius 1 is 1.11 bits per heavy atom. The normalized spacial score (nSPS) is 12.3.